The highest BCUT2D eigenvalue weighted by atomic mass is 19.1. The van der Waals surface area contributed by atoms with Gasteiger partial charge < -0.3 is 4.90 Å². The third-order valence-electron chi connectivity index (χ3n) is 4.06. The van der Waals surface area contributed by atoms with Crippen LogP contribution in [0.3, 0.4) is 0 Å². The maximum absolute atomic E-state index is 13.7. The van der Waals surface area contributed by atoms with Gasteiger partial charge >= 0.3 is 0 Å². The van der Waals surface area contributed by atoms with Crippen molar-refractivity contribution in [3.05, 3.63) is 48.2 Å². The summed E-state index contributed by atoms with van der Waals surface area (Å²) in [5.74, 6) is -0.330. The number of pyridine rings is 1. The summed E-state index contributed by atoms with van der Waals surface area (Å²) in [6, 6.07) is 2.12. The Labute approximate surface area is 127 Å². The molecule has 1 aliphatic heterocycles. The predicted molar refractivity (Wildman–Crippen MR) is 78.3 cm³/mol. The quantitative estimate of drug-likeness (QED) is 0.863. The number of likely N-dealkylation sites (N-methyl/N-ethyl adjacent to an activating group) is 1. The number of aromatic nitrogens is 3. The average molecular weight is 305 g/mol. The maximum atomic E-state index is 13.7. The topological polar surface area (TPSA) is 45.2 Å². The Morgan fingerprint density at radius 1 is 1.27 bits per heavy atom. The van der Waals surface area contributed by atoms with Crippen molar-refractivity contribution in [2.75, 3.05) is 25.0 Å². The van der Waals surface area contributed by atoms with E-state index in [9.17, 15) is 8.78 Å². The fourth-order valence-corrected chi connectivity index (χ4v) is 2.76. The summed E-state index contributed by atoms with van der Waals surface area (Å²) in [6.45, 7) is 1.79. The summed E-state index contributed by atoms with van der Waals surface area (Å²) in [7, 11) is 1.98. The monoisotopic (exact) mass is 305 g/mol. The van der Waals surface area contributed by atoms with E-state index in [0.29, 0.717) is 0 Å². The van der Waals surface area contributed by atoms with Crippen LogP contribution in [0, 0.1) is 11.6 Å². The van der Waals surface area contributed by atoms with Gasteiger partial charge in [-0.05, 0) is 12.5 Å². The van der Waals surface area contributed by atoms with Crippen LogP contribution in [0.4, 0.5) is 14.6 Å². The van der Waals surface area contributed by atoms with Gasteiger partial charge in [-0.3, -0.25) is 9.88 Å². The van der Waals surface area contributed by atoms with Gasteiger partial charge in [-0.25, -0.2) is 18.7 Å². The summed E-state index contributed by atoms with van der Waals surface area (Å²) in [5.41, 5.74) is 0.0836. The first-order valence-corrected chi connectivity index (χ1v) is 7.14. The van der Waals surface area contributed by atoms with E-state index in [1.165, 1.54) is 6.33 Å². The molecular weight excluding hydrogens is 288 g/mol. The fraction of sp³-hybridized carbons (Fsp3) is 0.400. The van der Waals surface area contributed by atoms with Crippen LogP contribution in [-0.4, -0.2) is 46.0 Å². The van der Waals surface area contributed by atoms with Crippen molar-refractivity contribution in [3.8, 4) is 0 Å². The lowest BCUT2D eigenvalue weighted by molar-refractivity contribution is 0.313. The molecule has 0 radical (unpaired) electrons. The smallest absolute Gasteiger partial charge is 0.148 e. The standard InChI is InChI=1S/C15H17F2N5/c1-21(15-2-4-18-10-20-15)11-3-5-22(8-11)9-12-13(16)6-19-7-14(12)17/h2,4,6-7,10-11H,3,5,8-9H2,1H3. The van der Waals surface area contributed by atoms with E-state index < -0.39 is 11.6 Å². The van der Waals surface area contributed by atoms with E-state index in [1.807, 2.05) is 18.0 Å². The molecule has 2 aromatic rings. The van der Waals surface area contributed by atoms with Gasteiger partial charge in [0.25, 0.3) is 0 Å². The molecule has 5 nitrogen and oxygen atoms in total. The SMILES string of the molecule is CN(c1ccncn1)C1CCN(Cc2c(F)cncc2F)C1. The van der Waals surface area contributed by atoms with Gasteiger partial charge in [-0.1, -0.05) is 0 Å². The van der Waals surface area contributed by atoms with E-state index in [2.05, 4.69) is 19.9 Å². The number of nitrogens with zero attached hydrogens (tertiary/aromatic N) is 5. The highest BCUT2D eigenvalue weighted by molar-refractivity contribution is 5.37. The van der Waals surface area contributed by atoms with Gasteiger partial charge in [0.2, 0.25) is 0 Å². The predicted octanol–water partition coefficient (Wildman–Crippen LogP) is 1.86. The van der Waals surface area contributed by atoms with Gasteiger partial charge in [-0.15, -0.1) is 0 Å². The second-order valence-electron chi connectivity index (χ2n) is 5.44. The molecule has 0 aromatic carbocycles. The first-order valence-electron chi connectivity index (χ1n) is 7.14. The second-order valence-corrected chi connectivity index (χ2v) is 5.44. The van der Waals surface area contributed by atoms with Gasteiger partial charge in [0, 0.05) is 44.5 Å². The molecule has 0 aliphatic carbocycles. The normalized spacial score (nSPS) is 18.6. The summed E-state index contributed by atoms with van der Waals surface area (Å²) in [5, 5.41) is 0. The molecule has 2 aromatic heterocycles. The molecule has 3 rings (SSSR count). The van der Waals surface area contributed by atoms with Crippen LogP contribution in [0.5, 0.6) is 0 Å². The zero-order valence-corrected chi connectivity index (χ0v) is 12.3. The van der Waals surface area contributed by atoms with Crippen molar-refractivity contribution in [3.63, 3.8) is 0 Å². The van der Waals surface area contributed by atoms with Crippen molar-refractivity contribution in [1.29, 1.82) is 0 Å². The molecule has 1 aliphatic rings. The number of hydrogen-bond donors (Lipinski definition) is 0. The molecule has 0 spiro atoms. The summed E-state index contributed by atoms with van der Waals surface area (Å²) in [6.07, 6.45) is 6.25. The van der Waals surface area contributed by atoms with Gasteiger partial charge in [-0.2, -0.15) is 0 Å². The summed E-state index contributed by atoms with van der Waals surface area (Å²) >= 11 is 0. The van der Waals surface area contributed by atoms with Crippen molar-refractivity contribution >= 4 is 5.82 Å². The third-order valence-corrected chi connectivity index (χ3v) is 4.06. The molecule has 0 N–H and O–H groups in total. The van der Waals surface area contributed by atoms with Crippen molar-refractivity contribution in [1.82, 2.24) is 19.9 Å². The lowest BCUT2D eigenvalue weighted by Crippen LogP contribution is -2.35. The number of hydrogen-bond acceptors (Lipinski definition) is 5. The number of halogens is 2. The molecule has 0 saturated carbocycles. The van der Waals surface area contributed by atoms with Crippen LogP contribution in [0.1, 0.15) is 12.0 Å². The summed E-state index contributed by atoms with van der Waals surface area (Å²) in [4.78, 5) is 15.8. The molecule has 116 valence electrons. The zero-order valence-electron chi connectivity index (χ0n) is 12.3. The third kappa shape index (κ3) is 3.04. The van der Waals surface area contributed by atoms with Crippen LogP contribution < -0.4 is 4.90 Å². The molecular formula is C15H17F2N5. The highest BCUT2D eigenvalue weighted by Crippen LogP contribution is 2.22. The fourth-order valence-electron chi connectivity index (χ4n) is 2.76. The Balaban J connectivity index is 1.65. The molecule has 0 amide bonds. The molecule has 0 bridgehead atoms. The summed E-state index contributed by atoms with van der Waals surface area (Å²) < 4.78 is 27.3. The van der Waals surface area contributed by atoms with Gasteiger partial charge in [0.1, 0.15) is 23.8 Å². The van der Waals surface area contributed by atoms with Crippen LogP contribution in [0.15, 0.2) is 31.0 Å². The zero-order chi connectivity index (χ0) is 15.5. The molecule has 3 heterocycles. The largest absolute Gasteiger partial charge is 0.355 e. The molecule has 1 fully saturated rings. The minimum Gasteiger partial charge on any atom is -0.355 e. The Morgan fingerprint density at radius 3 is 2.73 bits per heavy atom. The number of anilines is 1. The average Bonchev–Trinajstić information content (AvgIpc) is 3.00. The maximum Gasteiger partial charge on any atom is 0.148 e. The van der Waals surface area contributed by atoms with Crippen molar-refractivity contribution in [2.45, 2.75) is 19.0 Å². The van der Waals surface area contributed by atoms with E-state index in [4.69, 9.17) is 0 Å². The van der Waals surface area contributed by atoms with Crippen LogP contribution in [0.2, 0.25) is 0 Å². The molecule has 1 unspecified atom stereocenters. The highest BCUT2D eigenvalue weighted by Gasteiger charge is 2.27. The minimum atomic E-state index is -0.590. The molecule has 7 heteroatoms. The second kappa shape index (κ2) is 6.31. The molecule has 22 heavy (non-hydrogen) atoms. The molecule has 1 saturated heterocycles. The van der Waals surface area contributed by atoms with E-state index >= 15 is 0 Å². The van der Waals surface area contributed by atoms with E-state index in [-0.39, 0.29) is 18.2 Å². The Hall–Kier alpha value is -2.15. The van der Waals surface area contributed by atoms with Crippen LogP contribution in [-0.2, 0) is 6.54 Å². The van der Waals surface area contributed by atoms with E-state index in [1.54, 1.807) is 6.20 Å². The first kappa shape index (κ1) is 14.8. The molecule has 1 atom stereocenters. The Kier molecular flexibility index (Phi) is 4.24. The van der Waals surface area contributed by atoms with Crippen molar-refractivity contribution in [2.24, 2.45) is 0 Å². The van der Waals surface area contributed by atoms with Crippen LogP contribution >= 0.6 is 0 Å². The number of likely N-dealkylation sites (tertiary alicyclic amines) is 1. The van der Waals surface area contributed by atoms with E-state index in [0.717, 1.165) is 37.7 Å². The van der Waals surface area contributed by atoms with Gasteiger partial charge in [0.15, 0.2) is 0 Å². The lowest BCUT2D eigenvalue weighted by atomic mass is 10.2. The van der Waals surface area contributed by atoms with Crippen molar-refractivity contribution < 1.29 is 8.78 Å². The number of rotatable bonds is 4. The first-order chi connectivity index (χ1) is 10.6. The minimum absolute atomic E-state index is 0.0836. The Bertz CT molecular complexity index is 617. The Morgan fingerprint density at radius 2 is 2.05 bits per heavy atom. The van der Waals surface area contributed by atoms with Crippen LogP contribution in [0.25, 0.3) is 0 Å². The van der Waals surface area contributed by atoms with Gasteiger partial charge in [0.05, 0.1) is 12.4 Å². The lowest BCUT2D eigenvalue weighted by Gasteiger charge is -2.25.